The average Bonchev–Trinajstić information content (AvgIpc) is 2.53. The molecule has 1 saturated heterocycles. The van der Waals surface area contributed by atoms with E-state index in [9.17, 15) is 4.79 Å². The molecule has 1 N–H and O–H groups in total. The van der Waals surface area contributed by atoms with Crippen LogP contribution in [0.2, 0.25) is 0 Å². The molecule has 1 atom stereocenters. The van der Waals surface area contributed by atoms with Crippen LogP contribution in [0.15, 0.2) is 11.8 Å². The molecule has 1 heterocycles. The third-order valence-electron chi connectivity index (χ3n) is 4.35. The topological polar surface area (TPSA) is 44.8 Å². The standard InChI is InChI=1S/C17H31N3O2/c1-3-9-20(15-7-5-4-6-8-15)17(21)13-18-12-16-14-19(2)10-11-22-16/h7,16,18H,3-6,8-14H2,1-2H3/t16-/m1/s1. The maximum Gasteiger partial charge on any atom is 0.240 e. The molecule has 1 fully saturated rings. The predicted octanol–water partition coefficient (Wildman–Crippen LogP) is 1.60. The van der Waals surface area contributed by atoms with Crippen molar-refractivity contribution in [2.45, 2.75) is 45.1 Å². The normalized spacial score (nSPS) is 23.2. The van der Waals surface area contributed by atoms with E-state index in [4.69, 9.17) is 4.74 Å². The molecule has 1 amide bonds. The van der Waals surface area contributed by atoms with Crippen molar-refractivity contribution >= 4 is 5.91 Å². The Balaban J connectivity index is 1.77. The van der Waals surface area contributed by atoms with E-state index < -0.39 is 0 Å². The summed E-state index contributed by atoms with van der Waals surface area (Å²) in [5.74, 6) is 0.194. The van der Waals surface area contributed by atoms with Gasteiger partial charge in [0.05, 0.1) is 19.3 Å². The van der Waals surface area contributed by atoms with Crippen molar-refractivity contribution in [3.8, 4) is 0 Å². The van der Waals surface area contributed by atoms with Crippen molar-refractivity contribution in [2.24, 2.45) is 0 Å². The predicted molar refractivity (Wildman–Crippen MR) is 88.7 cm³/mol. The number of amides is 1. The van der Waals surface area contributed by atoms with Crippen molar-refractivity contribution in [3.63, 3.8) is 0 Å². The first-order valence-corrected chi connectivity index (χ1v) is 8.71. The summed E-state index contributed by atoms with van der Waals surface area (Å²) in [7, 11) is 2.11. The van der Waals surface area contributed by atoms with Crippen molar-refractivity contribution in [1.82, 2.24) is 15.1 Å². The van der Waals surface area contributed by atoms with Crippen molar-refractivity contribution in [1.29, 1.82) is 0 Å². The van der Waals surface area contributed by atoms with Crippen LogP contribution in [-0.2, 0) is 9.53 Å². The molecule has 5 heteroatoms. The van der Waals surface area contributed by atoms with Gasteiger partial charge in [-0.2, -0.15) is 0 Å². The van der Waals surface area contributed by atoms with Crippen molar-refractivity contribution < 1.29 is 9.53 Å². The summed E-state index contributed by atoms with van der Waals surface area (Å²) in [4.78, 5) is 16.8. The minimum Gasteiger partial charge on any atom is -0.374 e. The Morgan fingerprint density at radius 1 is 1.50 bits per heavy atom. The number of carbonyl (C=O) groups excluding carboxylic acids is 1. The minimum atomic E-state index is 0.194. The van der Waals surface area contributed by atoms with E-state index in [2.05, 4.69) is 30.3 Å². The van der Waals surface area contributed by atoms with Gasteiger partial charge in [0.1, 0.15) is 0 Å². The summed E-state index contributed by atoms with van der Waals surface area (Å²) in [6, 6.07) is 0. The number of likely N-dealkylation sites (N-methyl/N-ethyl adjacent to an activating group) is 1. The third kappa shape index (κ3) is 5.38. The summed E-state index contributed by atoms with van der Waals surface area (Å²) >= 11 is 0. The molecule has 0 spiro atoms. The smallest absolute Gasteiger partial charge is 0.240 e. The van der Waals surface area contributed by atoms with Gasteiger partial charge < -0.3 is 19.9 Å². The molecule has 1 aliphatic heterocycles. The first-order valence-electron chi connectivity index (χ1n) is 8.71. The molecule has 0 bridgehead atoms. The molecule has 5 nitrogen and oxygen atoms in total. The van der Waals surface area contributed by atoms with Crippen LogP contribution in [-0.4, -0.2) is 68.2 Å². The molecule has 0 aromatic heterocycles. The Hall–Kier alpha value is -0.910. The fraction of sp³-hybridized carbons (Fsp3) is 0.824. The van der Waals surface area contributed by atoms with Gasteiger partial charge >= 0.3 is 0 Å². The van der Waals surface area contributed by atoms with Crippen molar-refractivity contribution in [3.05, 3.63) is 11.8 Å². The lowest BCUT2D eigenvalue weighted by Gasteiger charge is -2.31. The van der Waals surface area contributed by atoms with Crippen LogP contribution in [0, 0.1) is 0 Å². The molecule has 2 aliphatic rings. The summed E-state index contributed by atoms with van der Waals surface area (Å²) in [5.41, 5.74) is 1.23. The number of ether oxygens (including phenoxy) is 1. The van der Waals surface area contributed by atoms with E-state index in [0.717, 1.165) is 52.0 Å². The van der Waals surface area contributed by atoms with Crippen LogP contribution < -0.4 is 5.32 Å². The largest absolute Gasteiger partial charge is 0.374 e. The number of carbonyl (C=O) groups is 1. The highest BCUT2D eigenvalue weighted by Gasteiger charge is 2.20. The molecule has 0 unspecified atom stereocenters. The molecular formula is C17H31N3O2. The lowest BCUT2D eigenvalue weighted by molar-refractivity contribution is -0.128. The molecule has 0 saturated carbocycles. The Morgan fingerprint density at radius 2 is 2.36 bits per heavy atom. The van der Waals surface area contributed by atoms with Crippen LogP contribution >= 0.6 is 0 Å². The molecule has 2 rings (SSSR count). The van der Waals surface area contributed by atoms with E-state index in [1.54, 1.807) is 0 Å². The number of hydrogen-bond donors (Lipinski definition) is 1. The zero-order valence-corrected chi connectivity index (χ0v) is 14.1. The van der Waals surface area contributed by atoms with Gasteiger partial charge in [-0.25, -0.2) is 0 Å². The first-order chi connectivity index (χ1) is 10.7. The minimum absolute atomic E-state index is 0.194. The number of allylic oxidation sites excluding steroid dienone is 2. The summed E-state index contributed by atoms with van der Waals surface area (Å²) in [5, 5.41) is 3.28. The zero-order chi connectivity index (χ0) is 15.8. The van der Waals surface area contributed by atoms with Crippen LogP contribution in [0.1, 0.15) is 39.0 Å². The highest BCUT2D eigenvalue weighted by atomic mass is 16.5. The van der Waals surface area contributed by atoms with E-state index in [1.807, 2.05) is 4.90 Å². The monoisotopic (exact) mass is 309 g/mol. The molecule has 126 valence electrons. The fourth-order valence-corrected chi connectivity index (χ4v) is 3.14. The van der Waals surface area contributed by atoms with Gasteiger partial charge in [0.15, 0.2) is 0 Å². The highest BCUT2D eigenvalue weighted by Crippen LogP contribution is 2.21. The number of nitrogens with zero attached hydrogens (tertiary/aromatic N) is 2. The quantitative estimate of drug-likeness (QED) is 0.776. The van der Waals surface area contributed by atoms with Gasteiger partial charge in [-0.1, -0.05) is 13.0 Å². The molecule has 0 radical (unpaired) electrons. The Kier molecular flexibility index (Phi) is 7.36. The van der Waals surface area contributed by atoms with Crippen molar-refractivity contribution in [2.75, 3.05) is 46.4 Å². The fourth-order valence-electron chi connectivity index (χ4n) is 3.14. The van der Waals surface area contributed by atoms with E-state index in [1.165, 1.54) is 18.5 Å². The Morgan fingerprint density at radius 3 is 3.05 bits per heavy atom. The lowest BCUT2D eigenvalue weighted by Crippen LogP contribution is -2.47. The summed E-state index contributed by atoms with van der Waals surface area (Å²) in [6.07, 6.45) is 8.05. The van der Waals surface area contributed by atoms with E-state index >= 15 is 0 Å². The molecule has 0 aromatic rings. The molecule has 1 aliphatic carbocycles. The van der Waals surface area contributed by atoms with Gasteiger partial charge in [0.25, 0.3) is 0 Å². The maximum absolute atomic E-state index is 12.5. The Labute approximate surface area is 134 Å². The average molecular weight is 309 g/mol. The molecule has 22 heavy (non-hydrogen) atoms. The number of rotatable bonds is 7. The summed E-state index contributed by atoms with van der Waals surface area (Å²) in [6.45, 7) is 6.82. The van der Waals surface area contributed by atoms with Crippen LogP contribution in [0.3, 0.4) is 0 Å². The van der Waals surface area contributed by atoms with Gasteiger partial charge in [-0.05, 0) is 39.2 Å². The van der Waals surface area contributed by atoms with Gasteiger partial charge in [0, 0.05) is 31.9 Å². The third-order valence-corrected chi connectivity index (χ3v) is 4.35. The Bertz CT molecular complexity index is 384. The number of morpholine rings is 1. The molecular weight excluding hydrogens is 278 g/mol. The van der Waals surface area contributed by atoms with Crippen LogP contribution in [0.25, 0.3) is 0 Å². The SMILES string of the molecule is CCCN(C(=O)CNC[C@@H]1CN(C)CCO1)C1=CCCCC1. The number of hydrogen-bond acceptors (Lipinski definition) is 4. The van der Waals surface area contributed by atoms with Crippen LogP contribution in [0.4, 0.5) is 0 Å². The van der Waals surface area contributed by atoms with Gasteiger partial charge in [-0.15, -0.1) is 0 Å². The van der Waals surface area contributed by atoms with Crippen LogP contribution in [0.5, 0.6) is 0 Å². The summed E-state index contributed by atoms with van der Waals surface area (Å²) < 4.78 is 5.71. The second-order valence-corrected chi connectivity index (χ2v) is 6.37. The number of nitrogens with one attached hydrogen (secondary N) is 1. The maximum atomic E-state index is 12.5. The van der Waals surface area contributed by atoms with E-state index in [0.29, 0.717) is 6.54 Å². The second-order valence-electron chi connectivity index (χ2n) is 6.37. The highest BCUT2D eigenvalue weighted by molar-refractivity contribution is 5.80. The molecule has 0 aromatic carbocycles. The second kappa shape index (κ2) is 9.28. The van der Waals surface area contributed by atoms with Gasteiger partial charge in [0.2, 0.25) is 5.91 Å². The van der Waals surface area contributed by atoms with Gasteiger partial charge in [-0.3, -0.25) is 4.79 Å². The zero-order valence-electron chi connectivity index (χ0n) is 14.1. The lowest BCUT2D eigenvalue weighted by atomic mass is 10.0. The first kappa shape index (κ1) is 17.4. The van der Waals surface area contributed by atoms with E-state index in [-0.39, 0.29) is 12.0 Å².